The third kappa shape index (κ3) is 1.92. The zero-order valence-electron chi connectivity index (χ0n) is 8.12. The zero-order chi connectivity index (χ0) is 10.8. The van der Waals surface area contributed by atoms with E-state index >= 15 is 0 Å². The summed E-state index contributed by atoms with van der Waals surface area (Å²) in [6.07, 6.45) is -0.628. The molecule has 0 saturated carbocycles. The van der Waals surface area contributed by atoms with Crippen LogP contribution in [0.25, 0.3) is 0 Å². The zero-order valence-corrected chi connectivity index (χ0v) is 9.71. The summed E-state index contributed by atoms with van der Waals surface area (Å²) < 4.78 is 11.1. The van der Waals surface area contributed by atoms with Crippen molar-refractivity contribution in [2.24, 2.45) is 0 Å². The number of benzene rings is 1. The number of amides is 1. The van der Waals surface area contributed by atoms with Crippen molar-refractivity contribution in [3.8, 4) is 5.75 Å². The Morgan fingerprint density at radius 1 is 1.60 bits per heavy atom. The fourth-order valence-corrected chi connectivity index (χ4v) is 2.18. The van der Waals surface area contributed by atoms with E-state index in [1.165, 1.54) is 0 Å². The van der Waals surface area contributed by atoms with Crippen LogP contribution in [0.3, 0.4) is 0 Å². The van der Waals surface area contributed by atoms with Crippen LogP contribution in [0.1, 0.15) is 11.7 Å². The lowest BCUT2D eigenvalue weighted by atomic mass is 10.1. The van der Waals surface area contributed by atoms with Gasteiger partial charge in [-0.2, -0.15) is 0 Å². The first-order chi connectivity index (χ1) is 7.22. The quantitative estimate of drug-likeness (QED) is 0.898. The standard InChI is InChI=1S/C10H10BrNO3/c1-14-7-4-2-3-6(9(7)11)8-5-12-10(13)15-8/h2-4,8H,5H2,1H3,(H,12,13). The predicted molar refractivity (Wildman–Crippen MR) is 57.9 cm³/mol. The number of hydrogen-bond donors (Lipinski definition) is 1. The highest BCUT2D eigenvalue weighted by Gasteiger charge is 2.26. The Morgan fingerprint density at radius 3 is 3.00 bits per heavy atom. The summed E-state index contributed by atoms with van der Waals surface area (Å²) >= 11 is 3.43. The first-order valence-electron chi connectivity index (χ1n) is 4.49. The van der Waals surface area contributed by atoms with Crippen molar-refractivity contribution < 1.29 is 14.3 Å². The average molecular weight is 272 g/mol. The van der Waals surface area contributed by atoms with Gasteiger partial charge in [0.1, 0.15) is 11.9 Å². The molecule has 1 atom stereocenters. The van der Waals surface area contributed by atoms with Crippen LogP contribution in [0.4, 0.5) is 4.79 Å². The largest absolute Gasteiger partial charge is 0.496 e. The summed E-state index contributed by atoms with van der Waals surface area (Å²) in [5.41, 5.74) is 0.910. The molecule has 4 nitrogen and oxygen atoms in total. The van der Waals surface area contributed by atoms with Crippen molar-refractivity contribution in [2.75, 3.05) is 13.7 Å². The molecular formula is C10H10BrNO3. The maximum absolute atomic E-state index is 10.9. The van der Waals surface area contributed by atoms with Gasteiger partial charge in [0.25, 0.3) is 0 Å². The lowest BCUT2D eigenvalue weighted by Crippen LogP contribution is -2.12. The Balaban J connectivity index is 2.32. The van der Waals surface area contributed by atoms with Crippen molar-refractivity contribution in [3.63, 3.8) is 0 Å². The molecule has 1 saturated heterocycles. The van der Waals surface area contributed by atoms with Gasteiger partial charge in [-0.1, -0.05) is 12.1 Å². The second kappa shape index (κ2) is 4.10. The second-order valence-corrected chi connectivity index (χ2v) is 3.93. The Hall–Kier alpha value is -1.23. The van der Waals surface area contributed by atoms with Crippen molar-refractivity contribution in [2.45, 2.75) is 6.10 Å². The SMILES string of the molecule is COc1cccc(C2CNC(=O)O2)c1Br. The number of carbonyl (C=O) groups excluding carboxylic acids is 1. The van der Waals surface area contributed by atoms with Crippen LogP contribution in [0.5, 0.6) is 5.75 Å². The van der Waals surface area contributed by atoms with E-state index < -0.39 is 0 Å². The van der Waals surface area contributed by atoms with Gasteiger partial charge >= 0.3 is 6.09 Å². The highest BCUT2D eigenvalue weighted by Crippen LogP contribution is 2.34. The Labute approximate surface area is 95.7 Å². The second-order valence-electron chi connectivity index (χ2n) is 3.14. The maximum atomic E-state index is 10.9. The Bertz CT molecular complexity index is 394. The molecule has 1 unspecified atom stereocenters. The van der Waals surface area contributed by atoms with Gasteiger partial charge in [-0.25, -0.2) is 4.79 Å². The third-order valence-corrected chi connectivity index (χ3v) is 3.09. The molecule has 0 bridgehead atoms. The van der Waals surface area contributed by atoms with E-state index in [2.05, 4.69) is 21.2 Å². The number of cyclic esters (lactones) is 1. The van der Waals surface area contributed by atoms with Gasteiger partial charge in [0.15, 0.2) is 0 Å². The van der Waals surface area contributed by atoms with E-state index in [4.69, 9.17) is 9.47 Å². The van der Waals surface area contributed by atoms with Gasteiger partial charge in [-0.05, 0) is 22.0 Å². The van der Waals surface area contributed by atoms with Crippen LogP contribution in [0, 0.1) is 0 Å². The first-order valence-corrected chi connectivity index (χ1v) is 5.28. The van der Waals surface area contributed by atoms with Gasteiger partial charge in [0.2, 0.25) is 0 Å². The van der Waals surface area contributed by atoms with Gasteiger partial charge in [-0.15, -0.1) is 0 Å². The van der Waals surface area contributed by atoms with Gasteiger partial charge in [0.05, 0.1) is 18.1 Å². The topological polar surface area (TPSA) is 47.6 Å². The average Bonchev–Trinajstić information content (AvgIpc) is 2.65. The summed E-state index contributed by atoms with van der Waals surface area (Å²) in [7, 11) is 1.60. The number of ether oxygens (including phenoxy) is 2. The number of alkyl carbamates (subject to hydrolysis) is 1. The molecule has 0 spiro atoms. The first kappa shape index (κ1) is 10.3. The molecule has 80 valence electrons. The van der Waals surface area contributed by atoms with E-state index in [1.54, 1.807) is 7.11 Å². The number of carbonyl (C=O) groups is 1. The normalized spacial score (nSPS) is 19.6. The Kier molecular flexibility index (Phi) is 2.81. The minimum atomic E-state index is -0.380. The van der Waals surface area contributed by atoms with E-state index in [0.29, 0.717) is 6.54 Å². The molecule has 5 heteroatoms. The number of nitrogens with one attached hydrogen (secondary N) is 1. The van der Waals surface area contributed by atoms with Crippen molar-refractivity contribution in [1.82, 2.24) is 5.32 Å². The molecule has 1 aliphatic heterocycles. The molecule has 1 aliphatic rings. The van der Waals surface area contributed by atoms with E-state index in [9.17, 15) is 4.79 Å². The third-order valence-electron chi connectivity index (χ3n) is 2.24. The summed E-state index contributed by atoms with van der Waals surface area (Å²) in [6, 6.07) is 5.61. The molecule has 1 N–H and O–H groups in total. The molecule has 1 fully saturated rings. The highest BCUT2D eigenvalue weighted by molar-refractivity contribution is 9.10. The molecule has 1 aromatic carbocycles. The smallest absolute Gasteiger partial charge is 0.407 e. The van der Waals surface area contributed by atoms with E-state index in [-0.39, 0.29) is 12.2 Å². The molecule has 1 aromatic rings. The molecule has 0 radical (unpaired) electrons. The van der Waals surface area contributed by atoms with Crippen LogP contribution in [-0.4, -0.2) is 19.7 Å². The monoisotopic (exact) mass is 271 g/mol. The molecular weight excluding hydrogens is 262 g/mol. The number of methoxy groups -OCH3 is 1. The lowest BCUT2D eigenvalue weighted by Gasteiger charge is -2.12. The maximum Gasteiger partial charge on any atom is 0.407 e. The van der Waals surface area contributed by atoms with Crippen LogP contribution in [-0.2, 0) is 4.74 Å². The summed E-state index contributed by atoms with van der Waals surface area (Å²) in [6.45, 7) is 0.491. The number of hydrogen-bond acceptors (Lipinski definition) is 3. The van der Waals surface area contributed by atoms with E-state index in [0.717, 1.165) is 15.8 Å². The fraction of sp³-hybridized carbons (Fsp3) is 0.300. The molecule has 2 rings (SSSR count). The fourth-order valence-electron chi connectivity index (χ4n) is 1.50. The van der Waals surface area contributed by atoms with Crippen molar-refractivity contribution in [3.05, 3.63) is 28.2 Å². The van der Waals surface area contributed by atoms with Crippen molar-refractivity contribution >= 4 is 22.0 Å². The highest BCUT2D eigenvalue weighted by atomic mass is 79.9. The molecule has 1 heterocycles. The van der Waals surface area contributed by atoms with Gasteiger partial charge < -0.3 is 14.8 Å². The summed E-state index contributed by atoms with van der Waals surface area (Å²) in [4.78, 5) is 10.9. The minimum Gasteiger partial charge on any atom is -0.496 e. The van der Waals surface area contributed by atoms with Crippen molar-refractivity contribution in [1.29, 1.82) is 0 Å². The number of halogens is 1. The predicted octanol–water partition coefficient (Wildman–Crippen LogP) is 2.24. The molecule has 0 aliphatic carbocycles. The van der Waals surface area contributed by atoms with Crippen LogP contribution in [0.15, 0.2) is 22.7 Å². The molecule has 15 heavy (non-hydrogen) atoms. The van der Waals surface area contributed by atoms with Gasteiger partial charge in [0, 0.05) is 5.56 Å². The summed E-state index contributed by atoms with van der Waals surface area (Å²) in [5, 5.41) is 2.61. The molecule has 0 aromatic heterocycles. The van der Waals surface area contributed by atoms with Crippen LogP contribution < -0.4 is 10.1 Å². The number of rotatable bonds is 2. The minimum absolute atomic E-state index is 0.248. The lowest BCUT2D eigenvalue weighted by molar-refractivity contribution is 0.140. The van der Waals surface area contributed by atoms with Gasteiger partial charge in [-0.3, -0.25) is 0 Å². The summed E-state index contributed by atoms with van der Waals surface area (Å²) in [5.74, 6) is 0.732. The van der Waals surface area contributed by atoms with Crippen LogP contribution >= 0.6 is 15.9 Å². The Morgan fingerprint density at radius 2 is 2.40 bits per heavy atom. The molecule has 1 amide bonds. The van der Waals surface area contributed by atoms with Crippen LogP contribution in [0.2, 0.25) is 0 Å². The van der Waals surface area contributed by atoms with E-state index in [1.807, 2.05) is 18.2 Å².